The standard InChI is InChI=1S/C11H16FNO3/c12-10-4-2-1-3-9(10)5-13-11(6-14,7-15)8-16/h1-4,13-16H,5-8H2. The molecule has 16 heavy (non-hydrogen) atoms. The van der Waals surface area contributed by atoms with Gasteiger partial charge in [0.1, 0.15) is 5.82 Å². The van der Waals surface area contributed by atoms with Gasteiger partial charge in [0.2, 0.25) is 0 Å². The van der Waals surface area contributed by atoms with Crippen LogP contribution in [0.4, 0.5) is 4.39 Å². The van der Waals surface area contributed by atoms with Gasteiger partial charge in [0, 0.05) is 12.1 Å². The smallest absolute Gasteiger partial charge is 0.127 e. The molecule has 5 heteroatoms. The van der Waals surface area contributed by atoms with Crippen molar-refractivity contribution in [3.8, 4) is 0 Å². The Morgan fingerprint density at radius 2 is 1.62 bits per heavy atom. The van der Waals surface area contributed by atoms with Crippen LogP contribution >= 0.6 is 0 Å². The topological polar surface area (TPSA) is 72.7 Å². The molecular formula is C11H16FNO3. The Kier molecular flexibility index (Phi) is 4.82. The molecule has 0 aromatic heterocycles. The molecule has 90 valence electrons. The summed E-state index contributed by atoms with van der Waals surface area (Å²) >= 11 is 0. The second kappa shape index (κ2) is 5.91. The summed E-state index contributed by atoms with van der Waals surface area (Å²) in [6, 6.07) is 6.20. The summed E-state index contributed by atoms with van der Waals surface area (Å²) in [4.78, 5) is 0. The average Bonchev–Trinajstić information content (AvgIpc) is 2.34. The monoisotopic (exact) mass is 229 g/mol. The van der Waals surface area contributed by atoms with Crippen LogP contribution in [-0.4, -0.2) is 40.7 Å². The van der Waals surface area contributed by atoms with Crippen molar-refractivity contribution in [1.29, 1.82) is 0 Å². The molecule has 0 atom stereocenters. The summed E-state index contributed by atoms with van der Waals surface area (Å²) in [5, 5.41) is 29.9. The van der Waals surface area contributed by atoms with Crippen LogP contribution in [0.25, 0.3) is 0 Å². The van der Waals surface area contributed by atoms with Crippen molar-refractivity contribution in [3.63, 3.8) is 0 Å². The van der Waals surface area contributed by atoms with Crippen molar-refractivity contribution in [3.05, 3.63) is 35.6 Å². The molecule has 0 aliphatic rings. The van der Waals surface area contributed by atoms with Crippen LogP contribution in [0.5, 0.6) is 0 Å². The molecule has 1 aromatic rings. The molecule has 0 radical (unpaired) electrons. The third-order valence-electron chi connectivity index (χ3n) is 2.52. The van der Waals surface area contributed by atoms with E-state index in [4.69, 9.17) is 15.3 Å². The first kappa shape index (κ1) is 13.1. The SMILES string of the molecule is OCC(CO)(CO)NCc1ccccc1F. The summed E-state index contributed by atoms with van der Waals surface area (Å²) in [6.07, 6.45) is 0. The Morgan fingerprint density at radius 1 is 1.06 bits per heavy atom. The third-order valence-corrected chi connectivity index (χ3v) is 2.52. The van der Waals surface area contributed by atoms with Gasteiger partial charge in [-0.05, 0) is 6.07 Å². The van der Waals surface area contributed by atoms with Crippen molar-refractivity contribution in [2.24, 2.45) is 0 Å². The maximum absolute atomic E-state index is 13.2. The molecule has 0 spiro atoms. The van der Waals surface area contributed by atoms with Gasteiger partial charge < -0.3 is 20.6 Å². The summed E-state index contributed by atoms with van der Waals surface area (Å²) in [6.45, 7) is -1.13. The maximum atomic E-state index is 13.2. The van der Waals surface area contributed by atoms with Gasteiger partial charge in [0.15, 0.2) is 0 Å². The molecule has 4 nitrogen and oxygen atoms in total. The summed E-state index contributed by atoms with van der Waals surface area (Å²) in [7, 11) is 0. The van der Waals surface area contributed by atoms with Crippen LogP contribution in [0.15, 0.2) is 24.3 Å². The van der Waals surface area contributed by atoms with Crippen LogP contribution in [0.3, 0.4) is 0 Å². The van der Waals surface area contributed by atoms with Gasteiger partial charge in [-0.3, -0.25) is 0 Å². The lowest BCUT2D eigenvalue weighted by Crippen LogP contribution is -2.54. The number of halogens is 1. The normalized spacial score (nSPS) is 11.8. The van der Waals surface area contributed by atoms with E-state index in [1.165, 1.54) is 6.07 Å². The van der Waals surface area contributed by atoms with Gasteiger partial charge in [-0.25, -0.2) is 4.39 Å². The van der Waals surface area contributed by atoms with Crippen molar-refractivity contribution in [2.45, 2.75) is 12.1 Å². The highest BCUT2D eigenvalue weighted by Crippen LogP contribution is 2.09. The minimum Gasteiger partial charge on any atom is -0.394 e. The van der Waals surface area contributed by atoms with Crippen molar-refractivity contribution < 1.29 is 19.7 Å². The lowest BCUT2D eigenvalue weighted by molar-refractivity contribution is 0.0412. The highest BCUT2D eigenvalue weighted by Gasteiger charge is 2.27. The number of nitrogens with one attached hydrogen (secondary N) is 1. The van der Waals surface area contributed by atoms with E-state index < -0.39 is 25.4 Å². The third kappa shape index (κ3) is 2.99. The highest BCUT2D eigenvalue weighted by molar-refractivity contribution is 5.17. The van der Waals surface area contributed by atoms with Crippen LogP contribution in [0.1, 0.15) is 5.56 Å². The first-order valence-electron chi connectivity index (χ1n) is 4.98. The zero-order chi connectivity index (χ0) is 12.0. The van der Waals surface area contributed by atoms with Gasteiger partial charge in [-0.1, -0.05) is 18.2 Å². The largest absolute Gasteiger partial charge is 0.394 e. The molecule has 0 saturated heterocycles. The Morgan fingerprint density at radius 3 is 2.12 bits per heavy atom. The number of aliphatic hydroxyl groups is 3. The molecule has 0 fully saturated rings. The lowest BCUT2D eigenvalue weighted by Gasteiger charge is -2.28. The summed E-state index contributed by atoms with van der Waals surface area (Å²) < 4.78 is 13.2. The molecule has 0 aliphatic heterocycles. The van der Waals surface area contributed by atoms with Gasteiger partial charge in [-0.15, -0.1) is 0 Å². The van der Waals surface area contributed by atoms with Crippen LogP contribution < -0.4 is 5.32 Å². The van der Waals surface area contributed by atoms with Crippen molar-refractivity contribution >= 4 is 0 Å². The first-order chi connectivity index (χ1) is 7.67. The number of hydrogen-bond donors (Lipinski definition) is 4. The number of aliphatic hydroxyl groups excluding tert-OH is 3. The van der Waals surface area contributed by atoms with Crippen LogP contribution in [0.2, 0.25) is 0 Å². The van der Waals surface area contributed by atoms with E-state index >= 15 is 0 Å². The van der Waals surface area contributed by atoms with E-state index in [-0.39, 0.29) is 12.4 Å². The fraction of sp³-hybridized carbons (Fsp3) is 0.455. The van der Waals surface area contributed by atoms with Gasteiger partial charge in [0.25, 0.3) is 0 Å². The predicted molar refractivity (Wildman–Crippen MR) is 57.2 cm³/mol. The molecular weight excluding hydrogens is 213 g/mol. The molecule has 1 rings (SSSR count). The van der Waals surface area contributed by atoms with E-state index in [0.717, 1.165) is 0 Å². The van der Waals surface area contributed by atoms with Crippen LogP contribution in [0, 0.1) is 5.82 Å². The molecule has 0 amide bonds. The fourth-order valence-corrected chi connectivity index (χ4v) is 1.24. The Labute approximate surface area is 93.4 Å². The van der Waals surface area contributed by atoms with Crippen LogP contribution in [-0.2, 0) is 6.54 Å². The molecule has 1 aromatic carbocycles. The molecule has 0 heterocycles. The lowest BCUT2D eigenvalue weighted by atomic mass is 10.0. The molecule has 4 N–H and O–H groups in total. The number of rotatable bonds is 6. The van der Waals surface area contributed by atoms with E-state index in [2.05, 4.69) is 5.32 Å². The van der Waals surface area contributed by atoms with Crippen molar-refractivity contribution in [2.75, 3.05) is 19.8 Å². The zero-order valence-electron chi connectivity index (χ0n) is 8.86. The van der Waals surface area contributed by atoms with E-state index in [1.807, 2.05) is 0 Å². The fourth-order valence-electron chi connectivity index (χ4n) is 1.24. The van der Waals surface area contributed by atoms with Gasteiger partial charge in [0.05, 0.1) is 25.4 Å². The second-order valence-corrected chi connectivity index (χ2v) is 3.70. The Bertz CT molecular complexity index is 320. The van der Waals surface area contributed by atoms with E-state index in [0.29, 0.717) is 5.56 Å². The maximum Gasteiger partial charge on any atom is 0.127 e. The van der Waals surface area contributed by atoms with E-state index in [9.17, 15) is 4.39 Å². The minimum atomic E-state index is -1.18. The van der Waals surface area contributed by atoms with E-state index in [1.54, 1.807) is 18.2 Å². The van der Waals surface area contributed by atoms with Gasteiger partial charge in [-0.2, -0.15) is 0 Å². The number of benzene rings is 1. The molecule has 0 aliphatic carbocycles. The van der Waals surface area contributed by atoms with Crippen molar-refractivity contribution in [1.82, 2.24) is 5.32 Å². The summed E-state index contributed by atoms with van der Waals surface area (Å²) in [5.74, 6) is -0.363. The molecule has 0 unspecified atom stereocenters. The quantitative estimate of drug-likeness (QED) is 0.537. The second-order valence-electron chi connectivity index (χ2n) is 3.70. The molecule has 0 bridgehead atoms. The molecule has 0 saturated carbocycles. The Hall–Kier alpha value is -1.01. The minimum absolute atomic E-state index is 0.133. The highest BCUT2D eigenvalue weighted by atomic mass is 19.1. The summed E-state index contributed by atoms with van der Waals surface area (Å²) in [5.41, 5.74) is -0.760. The Balaban J connectivity index is 2.66. The number of hydrogen-bond acceptors (Lipinski definition) is 4. The predicted octanol–water partition coefficient (Wildman–Crippen LogP) is -0.369. The first-order valence-corrected chi connectivity index (χ1v) is 4.98. The zero-order valence-corrected chi connectivity index (χ0v) is 8.86. The van der Waals surface area contributed by atoms with Gasteiger partial charge >= 0.3 is 0 Å². The average molecular weight is 229 g/mol.